The quantitative estimate of drug-likeness (QED) is 0.503. The highest BCUT2D eigenvalue weighted by molar-refractivity contribution is 5.94. The van der Waals surface area contributed by atoms with Gasteiger partial charge < -0.3 is 15.5 Å². The Morgan fingerprint density at radius 2 is 1.65 bits per heavy atom. The zero-order valence-corrected chi connectivity index (χ0v) is 23.1. The van der Waals surface area contributed by atoms with Crippen LogP contribution in [0.2, 0.25) is 0 Å². The van der Waals surface area contributed by atoms with Gasteiger partial charge in [0.05, 0.1) is 11.4 Å². The summed E-state index contributed by atoms with van der Waals surface area (Å²) in [7, 11) is 0. The number of amides is 3. The summed E-state index contributed by atoms with van der Waals surface area (Å²) in [6.45, 7) is 11.0. The summed E-state index contributed by atoms with van der Waals surface area (Å²) >= 11 is 0. The first kappa shape index (κ1) is 25.8. The number of carbonyl (C=O) groups excluding carboxylic acids is 2. The fraction of sp³-hybridized carbons (Fsp3) is 0.633. The van der Waals surface area contributed by atoms with Crippen molar-refractivity contribution in [3.8, 4) is 5.69 Å². The molecule has 0 aliphatic heterocycles. The van der Waals surface area contributed by atoms with Gasteiger partial charge in [-0.05, 0) is 74.3 Å². The third kappa shape index (κ3) is 5.70. The molecule has 6 rings (SSSR count). The van der Waals surface area contributed by atoms with Gasteiger partial charge in [0.1, 0.15) is 12.4 Å². The minimum atomic E-state index is -0.209. The highest BCUT2D eigenvalue weighted by Crippen LogP contribution is 2.55. The monoisotopic (exact) mass is 505 g/mol. The molecule has 1 aromatic heterocycles. The van der Waals surface area contributed by atoms with Crippen LogP contribution in [-0.4, -0.2) is 45.2 Å². The fourth-order valence-corrected chi connectivity index (χ4v) is 7.19. The summed E-state index contributed by atoms with van der Waals surface area (Å²) in [5.41, 5.74) is 1.53. The molecule has 2 N–H and O–H groups in total. The number of urea groups is 1. The van der Waals surface area contributed by atoms with Crippen molar-refractivity contribution < 1.29 is 9.59 Å². The standard InChI is InChI=1S/C30H43N5O2/c1-20(2)18-34(28(37)32-30-15-21-11-22(16-30)13-23(12-21)17-30)19-27(36)31-26-14-25(29(3,4)5)33-35(26)24-9-7-6-8-10-24/h6-10,14,20-23H,11-13,15-19H2,1-5H3,(H,31,36)(H,32,37). The molecule has 200 valence electrons. The van der Waals surface area contributed by atoms with E-state index < -0.39 is 0 Å². The first-order valence-electron chi connectivity index (χ1n) is 14.0. The van der Waals surface area contributed by atoms with E-state index in [2.05, 4.69) is 45.3 Å². The van der Waals surface area contributed by atoms with Gasteiger partial charge in [-0.1, -0.05) is 52.8 Å². The van der Waals surface area contributed by atoms with Crippen molar-refractivity contribution in [2.45, 2.75) is 84.1 Å². The minimum absolute atomic E-state index is 0.0151. The zero-order chi connectivity index (χ0) is 26.4. The lowest BCUT2D eigenvalue weighted by Gasteiger charge is -2.57. The Balaban J connectivity index is 1.31. The molecule has 37 heavy (non-hydrogen) atoms. The summed E-state index contributed by atoms with van der Waals surface area (Å²) < 4.78 is 1.78. The lowest BCUT2D eigenvalue weighted by atomic mass is 9.53. The highest BCUT2D eigenvalue weighted by Gasteiger charge is 2.51. The summed E-state index contributed by atoms with van der Waals surface area (Å²) in [6, 6.07) is 11.7. The van der Waals surface area contributed by atoms with Crippen molar-refractivity contribution in [3.05, 3.63) is 42.1 Å². The Morgan fingerprint density at radius 1 is 1.05 bits per heavy atom. The third-order valence-electron chi connectivity index (χ3n) is 8.36. The van der Waals surface area contributed by atoms with Crippen LogP contribution in [0.3, 0.4) is 0 Å². The number of carbonyl (C=O) groups is 2. The maximum atomic E-state index is 13.6. The van der Waals surface area contributed by atoms with Crippen LogP contribution in [-0.2, 0) is 10.2 Å². The predicted octanol–water partition coefficient (Wildman–Crippen LogP) is 5.74. The smallest absolute Gasteiger partial charge is 0.318 e. The summed E-state index contributed by atoms with van der Waals surface area (Å²) in [5, 5.41) is 11.3. The molecule has 4 aliphatic rings. The van der Waals surface area contributed by atoms with Gasteiger partial charge in [0.2, 0.25) is 5.91 Å². The lowest BCUT2D eigenvalue weighted by Crippen LogP contribution is -2.62. The van der Waals surface area contributed by atoms with E-state index in [9.17, 15) is 9.59 Å². The lowest BCUT2D eigenvalue weighted by molar-refractivity contribution is -0.117. The van der Waals surface area contributed by atoms with Crippen LogP contribution in [0.25, 0.3) is 5.69 Å². The van der Waals surface area contributed by atoms with Gasteiger partial charge in [-0.3, -0.25) is 4.79 Å². The number of rotatable bonds is 7. The molecule has 1 aromatic carbocycles. The second-order valence-electron chi connectivity index (χ2n) is 13.4. The average molecular weight is 506 g/mol. The molecule has 1 heterocycles. The van der Waals surface area contributed by atoms with Gasteiger partial charge in [-0.15, -0.1) is 0 Å². The molecular weight excluding hydrogens is 462 g/mol. The second-order valence-corrected chi connectivity index (χ2v) is 13.4. The molecule has 4 bridgehead atoms. The van der Waals surface area contributed by atoms with Crippen LogP contribution in [0.5, 0.6) is 0 Å². The van der Waals surface area contributed by atoms with E-state index in [4.69, 9.17) is 5.10 Å². The van der Waals surface area contributed by atoms with Gasteiger partial charge in [-0.25, -0.2) is 9.48 Å². The van der Waals surface area contributed by atoms with Gasteiger partial charge in [0.15, 0.2) is 0 Å². The molecule has 4 fully saturated rings. The first-order chi connectivity index (χ1) is 17.5. The van der Waals surface area contributed by atoms with Crippen molar-refractivity contribution in [2.24, 2.45) is 23.7 Å². The SMILES string of the molecule is CC(C)CN(CC(=O)Nc1cc(C(C)(C)C)nn1-c1ccccc1)C(=O)NC12CC3CC(CC(C3)C1)C2. The largest absolute Gasteiger partial charge is 0.333 e. The van der Waals surface area contributed by atoms with Crippen LogP contribution in [0.4, 0.5) is 10.6 Å². The molecule has 0 atom stereocenters. The average Bonchev–Trinajstić information content (AvgIpc) is 3.22. The van der Waals surface area contributed by atoms with Crippen LogP contribution in [0, 0.1) is 23.7 Å². The van der Waals surface area contributed by atoms with E-state index in [0.717, 1.165) is 48.4 Å². The number of hydrogen-bond donors (Lipinski definition) is 2. The van der Waals surface area contributed by atoms with Gasteiger partial charge in [0, 0.05) is 23.6 Å². The molecular formula is C30H43N5O2. The van der Waals surface area contributed by atoms with Crippen molar-refractivity contribution in [1.82, 2.24) is 20.0 Å². The van der Waals surface area contributed by atoms with E-state index in [0.29, 0.717) is 12.4 Å². The molecule has 0 unspecified atom stereocenters. The number of anilines is 1. The van der Waals surface area contributed by atoms with E-state index in [1.54, 1.807) is 9.58 Å². The predicted molar refractivity (Wildman–Crippen MR) is 147 cm³/mol. The first-order valence-corrected chi connectivity index (χ1v) is 14.0. The minimum Gasteiger partial charge on any atom is -0.333 e. The van der Waals surface area contributed by atoms with Gasteiger partial charge in [-0.2, -0.15) is 5.10 Å². The molecule has 0 radical (unpaired) electrons. The summed E-state index contributed by atoms with van der Waals surface area (Å²) in [5.74, 6) is 2.93. The normalized spacial score (nSPS) is 26.4. The zero-order valence-electron chi connectivity index (χ0n) is 23.1. The Hall–Kier alpha value is -2.83. The number of aromatic nitrogens is 2. The summed E-state index contributed by atoms with van der Waals surface area (Å²) in [6.07, 6.45) is 7.28. The topological polar surface area (TPSA) is 79.3 Å². The van der Waals surface area contributed by atoms with E-state index in [1.165, 1.54) is 19.3 Å². The molecule has 0 spiro atoms. The third-order valence-corrected chi connectivity index (χ3v) is 8.36. The van der Waals surface area contributed by atoms with Gasteiger partial charge >= 0.3 is 6.03 Å². The van der Waals surface area contributed by atoms with Crippen LogP contribution in [0.1, 0.15) is 78.8 Å². The van der Waals surface area contributed by atoms with Crippen molar-refractivity contribution in [2.75, 3.05) is 18.4 Å². The number of benzene rings is 1. The van der Waals surface area contributed by atoms with Crippen molar-refractivity contribution in [3.63, 3.8) is 0 Å². The Bertz CT molecular complexity index is 1100. The Kier molecular flexibility index (Phi) is 6.84. The maximum absolute atomic E-state index is 13.6. The molecule has 0 saturated heterocycles. The molecule has 4 aliphatic carbocycles. The Morgan fingerprint density at radius 3 is 2.19 bits per heavy atom. The Labute approximate surface area is 221 Å². The summed E-state index contributed by atoms with van der Waals surface area (Å²) in [4.78, 5) is 28.6. The molecule has 7 heteroatoms. The van der Waals surface area contributed by atoms with Crippen LogP contribution >= 0.6 is 0 Å². The van der Waals surface area contributed by atoms with Crippen molar-refractivity contribution in [1.29, 1.82) is 0 Å². The maximum Gasteiger partial charge on any atom is 0.318 e. The number of nitrogens with one attached hydrogen (secondary N) is 2. The fourth-order valence-electron chi connectivity index (χ4n) is 7.19. The van der Waals surface area contributed by atoms with E-state index in [1.807, 2.05) is 36.4 Å². The highest BCUT2D eigenvalue weighted by atomic mass is 16.2. The molecule has 3 amide bonds. The number of nitrogens with zero attached hydrogens (tertiary/aromatic N) is 3. The van der Waals surface area contributed by atoms with E-state index in [-0.39, 0.29) is 35.4 Å². The molecule has 7 nitrogen and oxygen atoms in total. The van der Waals surface area contributed by atoms with E-state index >= 15 is 0 Å². The molecule has 2 aromatic rings. The molecule has 4 saturated carbocycles. The van der Waals surface area contributed by atoms with Gasteiger partial charge in [0.25, 0.3) is 0 Å². The van der Waals surface area contributed by atoms with Crippen molar-refractivity contribution >= 4 is 17.8 Å². The second kappa shape index (κ2) is 9.80. The number of para-hydroxylation sites is 1. The van der Waals surface area contributed by atoms with Crippen LogP contribution < -0.4 is 10.6 Å². The number of hydrogen-bond acceptors (Lipinski definition) is 3. The van der Waals surface area contributed by atoms with Crippen LogP contribution in [0.15, 0.2) is 36.4 Å².